The highest BCUT2D eigenvalue weighted by atomic mass is 35.5. The number of rotatable bonds is 11. The Bertz CT molecular complexity index is 1540. The van der Waals surface area contributed by atoms with Crippen molar-refractivity contribution in [2.24, 2.45) is 5.10 Å². The smallest absolute Gasteiger partial charge is 0.255 e. The Hall–Kier alpha value is -3.98. The first kappa shape index (κ1) is 28.0. The van der Waals surface area contributed by atoms with E-state index < -0.39 is 22.5 Å². The molecule has 0 radical (unpaired) electrons. The number of hydrogen-bond donors (Lipinski definition) is 1. The number of ether oxygens (including phenoxy) is 1. The summed E-state index contributed by atoms with van der Waals surface area (Å²) in [6.07, 6.45) is 1.48. The Labute approximate surface area is 233 Å². The van der Waals surface area contributed by atoms with E-state index in [0.29, 0.717) is 28.5 Å². The van der Waals surface area contributed by atoms with Crippen molar-refractivity contribution in [1.29, 1.82) is 0 Å². The molecule has 1 amide bonds. The molecule has 0 aliphatic heterocycles. The van der Waals surface area contributed by atoms with Gasteiger partial charge in [0.2, 0.25) is 10.0 Å². The van der Waals surface area contributed by atoms with Crippen molar-refractivity contribution < 1.29 is 17.9 Å². The summed E-state index contributed by atoms with van der Waals surface area (Å²) in [4.78, 5) is 12.9. The lowest BCUT2D eigenvalue weighted by atomic mass is 10.2. The molecule has 0 aliphatic carbocycles. The predicted octanol–water partition coefficient (Wildman–Crippen LogP) is 5.57. The highest BCUT2D eigenvalue weighted by Gasteiger charge is 2.27. The molecule has 0 fully saturated rings. The number of sulfonamides is 1. The molecule has 0 aliphatic rings. The van der Waals surface area contributed by atoms with Crippen LogP contribution in [0.3, 0.4) is 0 Å². The highest BCUT2D eigenvalue weighted by Crippen LogP contribution is 2.20. The molecule has 0 heterocycles. The number of aryl methyl sites for hydroxylation is 1. The number of carbonyl (C=O) groups excluding carboxylic acids is 1. The standard InChI is InChI=1S/C30H28ClN3O4S/c1-23-13-15-29(16-14-23)39(36,37)34(20-26-10-5-11-27(31)17-26)21-30(35)33-32-19-25-9-6-12-28(18-25)38-22-24-7-3-2-4-8-24/h2-19H,20-22H2,1H3,(H,33,35)/b32-19-. The molecule has 39 heavy (non-hydrogen) atoms. The summed E-state index contributed by atoms with van der Waals surface area (Å²) in [5, 5.41) is 4.49. The molecule has 7 nitrogen and oxygen atoms in total. The zero-order valence-electron chi connectivity index (χ0n) is 21.3. The number of amides is 1. The maximum atomic E-state index is 13.4. The summed E-state index contributed by atoms with van der Waals surface area (Å²) in [5.41, 5.74) is 5.77. The van der Waals surface area contributed by atoms with Crippen molar-refractivity contribution in [3.63, 3.8) is 0 Å². The van der Waals surface area contributed by atoms with E-state index >= 15 is 0 Å². The van der Waals surface area contributed by atoms with Gasteiger partial charge in [0, 0.05) is 11.6 Å². The normalized spacial score (nSPS) is 11.6. The van der Waals surface area contributed by atoms with Gasteiger partial charge in [0.15, 0.2) is 0 Å². The van der Waals surface area contributed by atoms with Gasteiger partial charge >= 0.3 is 0 Å². The fraction of sp³-hybridized carbons (Fsp3) is 0.133. The summed E-state index contributed by atoms with van der Waals surface area (Å²) >= 11 is 6.10. The molecule has 0 aromatic heterocycles. The first-order valence-corrected chi connectivity index (χ1v) is 14.0. The molecule has 0 spiro atoms. The lowest BCUT2D eigenvalue weighted by molar-refractivity contribution is -0.121. The molecule has 0 atom stereocenters. The molecule has 0 saturated carbocycles. The van der Waals surface area contributed by atoms with Crippen molar-refractivity contribution >= 4 is 33.7 Å². The molecule has 0 saturated heterocycles. The summed E-state index contributed by atoms with van der Waals surface area (Å²) < 4.78 is 33.8. The Morgan fingerprint density at radius 2 is 1.64 bits per heavy atom. The molecule has 9 heteroatoms. The number of benzene rings is 4. The number of carbonyl (C=O) groups is 1. The topological polar surface area (TPSA) is 88.1 Å². The quantitative estimate of drug-likeness (QED) is 0.192. The van der Waals surface area contributed by atoms with Crippen molar-refractivity contribution in [3.8, 4) is 5.75 Å². The summed E-state index contributed by atoms with van der Waals surface area (Å²) in [6.45, 7) is 1.84. The first-order chi connectivity index (χ1) is 18.8. The minimum absolute atomic E-state index is 0.0330. The second kappa shape index (κ2) is 13.2. The average Bonchev–Trinajstić information content (AvgIpc) is 2.93. The van der Waals surface area contributed by atoms with E-state index in [0.717, 1.165) is 15.4 Å². The van der Waals surface area contributed by atoms with Crippen LogP contribution < -0.4 is 10.2 Å². The Kier molecular flexibility index (Phi) is 9.49. The molecular formula is C30H28ClN3O4S. The van der Waals surface area contributed by atoms with Gasteiger partial charge in [0.1, 0.15) is 12.4 Å². The first-order valence-electron chi connectivity index (χ1n) is 12.2. The van der Waals surface area contributed by atoms with Crippen molar-refractivity contribution in [2.75, 3.05) is 6.54 Å². The van der Waals surface area contributed by atoms with E-state index in [1.165, 1.54) is 18.3 Å². The van der Waals surface area contributed by atoms with Gasteiger partial charge < -0.3 is 4.74 Å². The lowest BCUT2D eigenvalue weighted by Gasteiger charge is -2.21. The van der Waals surface area contributed by atoms with Crippen LogP contribution in [0, 0.1) is 6.92 Å². The molecule has 0 unspecified atom stereocenters. The zero-order chi connectivity index (χ0) is 27.7. The molecule has 200 valence electrons. The second-order valence-corrected chi connectivity index (χ2v) is 11.2. The van der Waals surface area contributed by atoms with Gasteiger partial charge in [-0.15, -0.1) is 0 Å². The minimum Gasteiger partial charge on any atom is -0.489 e. The molecule has 4 aromatic carbocycles. The molecule has 4 rings (SSSR count). The van der Waals surface area contributed by atoms with Crippen LogP contribution in [0.1, 0.15) is 22.3 Å². The largest absolute Gasteiger partial charge is 0.489 e. The lowest BCUT2D eigenvalue weighted by Crippen LogP contribution is -2.39. The van der Waals surface area contributed by atoms with Gasteiger partial charge in [0.25, 0.3) is 5.91 Å². The minimum atomic E-state index is -3.98. The third kappa shape index (κ3) is 8.25. The zero-order valence-corrected chi connectivity index (χ0v) is 22.9. The van der Waals surface area contributed by atoms with Crippen LogP contribution in [0.15, 0.2) is 113 Å². The van der Waals surface area contributed by atoms with Crippen LogP contribution in [0.25, 0.3) is 0 Å². The predicted molar refractivity (Wildman–Crippen MR) is 153 cm³/mol. The van der Waals surface area contributed by atoms with Gasteiger partial charge in [-0.1, -0.05) is 83.9 Å². The van der Waals surface area contributed by atoms with Crippen molar-refractivity contribution in [3.05, 3.63) is 130 Å². The Morgan fingerprint density at radius 1 is 0.923 bits per heavy atom. The van der Waals surface area contributed by atoms with E-state index in [1.807, 2.05) is 55.5 Å². The second-order valence-electron chi connectivity index (χ2n) is 8.86. The number of nitrogens with one attached hydrogen (secondary N) is 1. The van der Waals surface area contributed by atoms with Crippen LogP contribution in [-0.2, 0) is 28.0 Å². The van der Waals surface area contributed by atoms with E-state index in [2.05, 4.69) is 10.5 Å². The molecule has 4 aromatic rings. The van der Waals surface area contributed by atoms with Gasteiger partial charge in [-0.2, -0.15) is 9.41 Å². The molecule has 0 bridgehead atoms. The number of hydrogen-bond acceptors (Lipinski definition) is 5. The van der Waals surface area contributed by atoms with E-state index in [4.69, 9.17) is 16.3 Å². The maximum Gasteiger partial charge on any atom is 0.255 e. The van der Waals surface area contributed by atoms with E-state index in [9.17, 15) is 13.2 Å². The van der Waals surface area contributed by atoms with Crippen LogP contribution in [-0.4, -0.2) is 31.4 Å². The van der Waals surface area contributed by atoms with E-state index in [-0.39, 0.29) is 11.4 Å². The van der Waals surface area contributed by atoms with Crippen LogP contribution in [0.2, 0.25) is 5.02 Å². The summed E-state index contributed by atoms with van der Waals surface area (Å²) in [7, 11) is -3.98. The average molecular weight is 562 g/mol. The third-order valence-corrected chi connectivity index (χ3v) is 7.78. The van der Waals surface area contributed by atoms with Crippen LogP contribution in [0.4, 0.5) is 0 Å². The Balaban J connectivity index is 1.43. The molecular weight excluding hydrogens is 534 g/mol. The third-order valence-electron chi connectivity index (χ3n) is 5.74. The number of hydrazone groups is 1. The van der Waals surface area contributed by atoms with Gasteiger partial charge in [0.05, 0.1) is 17.7 Å². The fourth-order valence-corrected chi connectivity index (χ4v) is 5.32. The van der Waals surface area contributed by atoms with Gasteiger partial charge in [-0.25, -0.2) is 13.8 Å². The van der Waals surface area contributed by atoms with Crippen molar-refractivity contribution in [2.45, 2.75) is 25.0 Å². The van der Waals surface area contributed by atoms with Crippen LogP contribution in [0.5, 0.6) is 5.75 Å². The number of nitrogens with zero attached hydrogens (tertiary/aromatic N) is 2. The van der Waals surface area contributed by atoms with Gasteiger partial charge in [-0.3, -0.25) is 4.79 Å². The van der Waals surface area contributed by atoms with Crippen molar-refractivity contribution in [1.82, 2.24) is 9.73 Å². The monoisotopic (exact) mass is 561 g/mol. The highest BCUT2D eigenvalue weighted by molar-refractivity contribution is 7.89. The molecule has 1 N–H and O–H groups in total. The summed E-state index contributed by atoms with van der Waals surface area (Å²) in [5.74, 6) is 0.0754. The van der Waals surface area contributed by atoms with Gasteiger partial charge in [-0.05, 0) is 60.0 Å². The summed E-state index contributed by atoms with van der Waals surface area (Å²) in [6, 6.07) is 30.4. The van der Waals surface area contributed by atoms with E-state index in [1.54, 1.807) is 42.5 Å². The fourth-order valence-electron chi connectivity index (χ4n) is 3.72. The van der Waals surface area contributed by atoms with Crippen LogP contribution >= 0.6 is 11.6 Å². The number of halogens is 1. The Morgan fingerprint density at radius 3 is 2.38 bits per heavy atom. The maximum absolute atomic E-state index is 13.4. The SMILES string of the molecule is Cc1ccc(S(=O)(=O)N(CC(=O)N/N=C\c2cccc(OCc3ccccc3)c2)Cc2cccc(Cl)c2)cc1.